The minimum absolute atomic E-state index is 0.00603. The minimum Gasteiger partial charge on any atom is -0.468 e. The summed E-state index contributed by atoms with van der Waals surface area (Å²) in [5.74, 6) is 0. The van der Waals surface area contributed by atoms with Crippen molar-refractivity contribution < 1.29 is 14.3 Å². The number of ether oxygens (including phenoxy) is 1. The van der Waals surface area contributed by atoms with Gasteiger partial charge in [0.2, 0.25) is 0 Å². The van der Waals surface area contributed by atoms with Crippen molar-refractivity contribution in [2.45, 2.75) is 58.0 Å². The quantitative estimate of drug-likeness (QED) is 0.314. The Labute approximate surface area is 154 Å². The number of unbranched alkanes of at least 4 members (excludes halogenated alkanes) is 1. The normalized spacial score (nSPS) is 11.6. The zero-order chi connectivity index (χ0) is 18.7. The van der Waals surface area contributed by atoms with Crippen LogP contribution in [0.15, 0.2) is 4.99 Å². The number of aliphatic imine (C=N–C) groups is 1. The third kappa shape index (κ3) is 8.14. The fraction of sp³-hybridized carbons (Fsp3) is 0.800. The lowest BCUT2D eigenvalue weighted by Gasteiger charge is -2.29. The standard InChI is InChI=1S/C15H30N4O3S2/c1-8-9-10-17-14(22-7)18(13(20)16-6)15(21)19(23-11(2)3)24-12(4)5/h11-12H,8-10H2,1-7H3,(H,16,20). The van der Waals surface area contributed by atoms with E-state index in [4.69, 9.17) is 4.74 Å². The second kappa shape index (κ2) is 12.3. The second-order valence-electron chi connectivity index (χ2n) is 5.46. The maximum Gasteiger partial charge on any atom is 0.356 e. The van der Waals surface area contributed by atoms with Crippen LogP contribution in [0.1, 0.15) is 47.5 Å². The van der Waals surface area contributed by atoms with Gasteiger partial charge in [-0.1, -0.05) is 41.0 Å². The van der Waals surface area contributed by atoms with Crippen LogP contribution in [0.2, 0.25) is 0 Å². The molecule has 0 spiro atoms. The highest BCUT2D eigenvalue weighted by Crippen LogP contribution is 2.30. The molecule has 7 nitrogen and oxygen atoms in total. The van der Waals surface area contributed by atoms with E-state index in [1.165, 1.54) is 41.8 Å². The summed E-state index contributed by atoms with van der Waals surface area (Å²) in [5, 5.41) is 2.85. The van der Waals surface area contributed by atoms with Gasteiger partial charge in [0, 0.05) is 24.1 Å². The van der Waals surface area contributed by atoms with Crippen molar-refractivity contribution in [3.05, 3.63) is 0 Å². The van der Waals surface area contributed by atoms with Gasteiger partial charge in [-0.3, -0.25) is 0 Å². The Balaban J connectivity index is 5.54. The highest BCUT2D eigenvalue weighted by molar-refractivity contribution is 8.13. The summed E-state index contributed by atoms with van der Waals surface area (Å²) >= 11 is 2.73. The van der Waals surface area contributed by atoms with Gasteiger partial charge in [0.05, 0.1) is 7.11 Å². The summed E-state index contributed by atoms with van der Waals surface area (Å²) in [6, 6.07) is -1.05. The Morgan fingerprint density at radius 3 is 2.08 bits per heavy atom. The van der Waals surface area contributed by atoms with Crippen LogP contribution in [0.25, 0.3) is 0 Å². The molecule has 24 heavy (non-hydrogen) atoms. The number of carbonyl (C=O) groups excluding carboxylic acids is 2. The fourth-order valence-electron chi connectivity index (χ4n) is 1.51. The first-order valence-electron chi connectivity index (χ1n) is 8.06. The molecule has 140 valence electrons. The van der Waals surface area contributed by atoms with Gasteiger partial charge >= 0.3 is 18.1 Å². The number of amides is 4. The van der Waals surface area contributed by atoms with Crippen LogP contribution in [0.4, 0.5) is 9.59 Å². The van der Waals surface area contributed by atoms with Crippen LogP contribution < -0.4 is 5.32 Å². The van der Waals surface area contributed by atoms with Crippen LogP contribution in [0, 0.1) is 0 Å². The molecule has 0 bridgehead atoms. The number of rotatable bonds is 7. The highest BCUT2D eigenvalue weighted by atomic mass is 32.2. The van der Waals surface area contributed by atoms with E-state index in [9.17, 15) is 9.59 Å². The van der Waals surface area contributed by atoms with E-state index in [-0.39, 0.29) is 16.5 Å². The molecule has 0 aliphatic heterocycles. The van der Waals surface area contributed by atoms with E-state index in [1.807, 2.05) is 34.6 Å². The molecule has 0 aliphatic carbocycles. The van der Waals surface area contributed by atoms with Gasteiger partial charge in [0.25, 0.3) is 0 Å². The van der Waals surface area contributed by atoms with Crippen molar-refractivity contribution in [1.29, 1.82) is 0 Å². The Morgan fingerprint density at radius 2 is 1.71 bits per heavy atom. The first kappa shape index (κ1) is 22.9. The maximum atomic E-state index is 12.9. The van der Waals surface area contributed by atoms with E-state index >= 15 is 0 Å². The van der Waals surface area contributed by atoms with Crippen molar-refractivity contribution in [2.24, 2.45) is 4.99 Å². The molecular weight excluding hydrogens is 348 g/mol. The van der Waals surface area contributed by atoms with Gasteiger partial charge in [0.1, 0.15) is 0 Å². The van der Waals surface area contributed by atoms with E-state index < -0.39 is 12.1 Å². The summed E-state index contributed by atoms with van der Waals surface area (Å²) in [4.78, 5) is 30.4. The van der Waals surface area contributed by atoms with Crippen LogP contribution in [-0.2, 0) is 4.74 Å². The monoisotopic (exact) mass is 378 g/mol. The molecule has 0 atom stereocenters. The summed E-state index contributed by atoms with van der Waals surface area (Å²) in [5.41, 5.74) is 0. The Hall–Kier alpha value is -1.09. The number of nitrogens with zero attached hydrogens (tertiary/aromatic N) is 3. The Morgan fingerprint density at radius 1 is 1.17 bits per heavy atom. The zero-order valence-corrected chi connectivity index (χ0v) is 17.3. The molecule has 4 amide bonds. The van der Waals surface area contributed by atoms with E-state index in [2.05, 4.69) is 10.3 Å². The Bertz CT molecular complexity index is 421. The summed E-state index contributed by atoms with van der Waals surface area (Å²) in [6.07, 6.45) is 1.82. The molecule has 0 aromatic rings. The molecule has 0 fully saturated rings. The first-order chi connectivity index (χ1) is 11.3. The molecule has 0 unspecified atom stereocenters. The molecule has 9 heteroatoms. The molecule has 0 heterocycles. The molecule has 0 aliphatic rings. The van der Waals surface area contributed by atoms with Crippen LogP contribution in [-0.4, -0.2) is 57.9 Å². The molecule has 0 saturated carbocycles. The first-order valence-corrected chi connectivity index (χ1v) is 9.73. The van der Waals surface area contributed by atoms with Gasteiger partial charge in [-0.2, -0.15) is 4.90 Å². The summed E-state index contributed by atoms with van der Waals surface area (Å²) in [7, 11) is 2.88. The number of hydrogen-bond donors (Lipinski definition) is 1. The van der Waals surface area contributed by atoms with Crippen LogP contribution >= 0.6 is 23.9 Å². The van der Waals surface area contributed by atoms with Crippen molar-refractivity contribution in [2.75, 3.05) is 20.7 Å². The maximum absolute atomic E-state index is 12.9. The predicted octanol–water partition coefficient (Wildman–Crippen LogP) is 3.97. The average molecular weight is 379 g/mol. The lowest BCUT2D eigenvalue weighted by atomic mass is 10.3. The molecule has 0 rings (SSSR count). The van der Waals surface area contributed by atoms with Crippen molar-refractivity contribution >= 4 is 42.0 Å². The summed E-state index contributed by atoms with van der Waals surface area (Å²) in [6.45, 7) is 10.5. The lowest BCUT2D eigenvalue weighted by Crippen LogP contribution is -2.50. The number of imide groups is 1. The average Bonchev–Trinajstić information content (AvgIpc) is 2.51. The van der Waals surface area contributed by atoms with Crippen molar-refractivity contribution in [3.8, 4) is 0 Å². The van der Waals surface area contributed by atoms with Gasteiger partial charge in [0.15, 0.2) is 0 Å². The van der Waals surface area contributed by atoms with Gasteiger partial charge in [-0.15, -0.1) is 0 Å². The van der Waals surface area contributed by atoms with Gasteiger partial charge < -0.3 is 10.1 Å². The molecule has 0 radical (unpaired) electrons. The third-order valence-electron chi connectivity index (χ3n) is 2.51. The van der Waals surface area contributed by atoms with Crippen molar-refractivity contribution in [1.82, 2.24) is 13.9 Å². The van der Waals surface area contributed by atoms with E-state index in [1.54, 1.807) is 0 Å². The van der Waals surface area contributed by atoms with Crippen LogP contribution in [0.3, 0.4) is 0 Å². The number of carbonyl (C=O) groups is 2. The largest absolute Gasteiger partial charge is 0.468 e. The zero-order valence-electron chi connectivity index (χ0n) is 15.7. The number of amidine groups is 1. The Kier molecular flexibility index (Phi) is 11.7. The molecule has 0 aromatic carbocycles. The topological polar surface area (TPSA) is 74.2 Å². The number of nitrogens with one attached hydrogen (secondary N) is 1. The van der Waals surface area contributed by atoms with E-state index in [0.29, 0.717) is 6.54 Å². The van der Waals surface area contributed by atoms with Crippen molar-refractivity contribution in [3.63, 3.8) is 0 Å². The van der Waals surface area contributed by atoms with Gasteiger partial charge in [-0.25, -0.2) is 18.3 Å². The molecule has 1 N–H and O–H groups in total. The lowest BCUT2D eigenvalue weighted by molar-refractivity contribution is 0.193. The number of methoxy groups -OCH3 is 1. The van der Waals surface area contributed by atoms with E-state index in [0.717, 1.165) is 17.7 Å². The molecule has 0 saturated heterocycles. The SMILES string of the molecule is CCCCN=C(OC)N(C(=O)NC)C(=O)N(SC(C)C)SC(C)C. The van der Waals surface area contributed by atoms with Crippen LogP contribution in [0.5, 0.6) is 0 Å². The minimum atomic E-state index is -0.573. The van der Waals surface area contributed by atoms with Gasteiger partial charge in [-0.05, 0) is 30.3 Å². The molecule has 0 aromatic heterocycles. The molecular formula is C15H30N4O3S2. The number of urea groups is 2. The second-order valence-corrected chi connectivity index (χ2v) is 8.73. The smallest absolute Gasteiger partial charge is 0.356 e. The number of hydrogen-bond acceptors (Lipinski definition) is 6. The highest BCUT2D eigenvalue weighted by Gasteiger charge is 2.33. The summed E-state index contributed by atoms with van der Waals surface area (Å²) < 4.78 is 6.73. The third-order valence-corrected chi connectivity index (χ3v) is 4.57. The fourth-order valence-corrected chi connectivity index (χ4v) is 3.85. The predicted molar refractivity (Wildman–Crippen MR) is 103 cm³/mol.